The Morgan fingerprint density at radius 2 is 1.26 bits per heavy atom. The predicted octanol–water partition coefficient (Wildman–Crippen LogP) is 12.2. The minimum Gasteiger partial charge on any atom is -0.309 e. The number of rotatable bonds is 4. The Bertz CT molecular complexity index is 2470. The summed E-state index contributed by atoms with van der Waals surface area (Å²) in [5, 5.41) is 1.25. The van der Waals surface area contributed by atoms with Crippen molar-refractivity contribution >= 4 is 34.1 Å². The molecule has 238 valence electrons. The second-order valence-electron chi connectivity index (χ2n) is 13.4. The van der Waals surface area contributed by atoms with Gasteiger partial charge in [0.25, 0.3) is 0 Å². The molecule has 0 spiro atoms. The third kappa shape index (κ3) is 4.54. The molecule has 3 aliphatic rings. The van der Waals surface area contributed by atoms with Gasteiger partial charge in [0, 0.05) is 45.2 Å². The van der Waals surface area contributed by atoms with Gasteiger partial charge in [0.2, 0.25) is 0 Å². The Labute approximate surface area is 292 Å². The molecule has 3 nitrogen and oxygen atoms in total. The summed E-state index contributed by atoms with van der Waals surface area (Å²) in [5.41, 5.74) is 17.3. The number of fused-ring (bicyclic) bond motifs is 7. The van der Waals surface area contributed by atoms with Crippen molar-refractivity contribution in [1.82, 2.24) is 9.55 Å². The standard InChI is InChI=1S/C47H35N3/c1-3-15-32(16-4-1)35-29-36(33-17-5-2-6-18-33)31-37(30-35)49-42-24-12-9-21-39(42)45-40-22-10-13-25-43(40)50(44-26-14-11-23-41(44)46(45)49)47-38-20-8-7-19-34(38)27-28-48-47/h1-7,9-13,15-19,21-25,27-31H,8,14,20,26H2. The number of aromatic nitrogens is 2. The van der Waals surface area contributed by atoms with Crippen molar-refractivity contribution in [2.75, 3.05) is 4.90 Å². The number of hydrogen-bond donors (Lipinski definition) is 0. The largest absolute Gasteiger partial charge is 0.309 e. The molecule has 2 aromatic heterocycles. The van der Waals surface area contributed by atoms with Crippen LogP contribution in [0, 0.1) is 0 Å². The van der Waals surface area contributed by atoms with Crippen LogP contribution < -0.4 is 4.90 Å². The van der Waals surface area contributed by atoms with Crippen molar-refractivity contribution in [1.29, 1.82) is 0 Å². The van der Waals surface area contributed by atoms with Crippen LogP contribution in [0.4, 0.5) is 11.5 Å². The topological polar surface area (TPSA) is 21.1 Å². The number of allylic oxidation sites excluding steroid dienone is 5. The summed E-state index contributed by atoms with van der Waals surface area (Å²) < 4.78 is 2.53. The van der Waals surface area contributed by atoms with Crippen molar-refractivity contribution in [3.05, 3.63) is 180 Å². The van der Waals surface area contributed by atoms with E-state index in [2.05, 4.69) is 167 Å². The molecule has 0 unspecified atom stereocenters. The van der Waals surface area contributed by atoms with Crippen molar-refractivity contribution in [3.8, 4) is 39.1 Å². The van der Waals surface area contributed by atoms with E-state index in [9.17, 15) is 0 Å². The SMILES string of the molecule is C1=CC2=C(CC1)N(c1nccc3c1CCC=C3)c1ccccc1-c1c2n(-c2cc(-c3ccccc3)cc(-c3ccccc3)c2)c2ccccc12. The summed E-state index contributed by atoms with van der Waals surface area (Å²) in [4.78, 5) is 7.66. The fourth-order valence-corrected chi connectivity index (χ4v) is 8.28. The first-order valence-corrected chi connectivity index (χ1v) is 17.7. The second kappa shape index (κ2) is 11.7. The van der Waals surface area contributed by atoms with Crippen LogP contribution in [-0.2, 0) is 6.42 Å². The van der Waals surface area contributed by atoms with E-state index in [-0.39, 0.29) is 0 Å². The van der Waals surface area contributed by atoms with Gasteiger partial charge in [-0.3, -0.25) is 4.90 Å². The maximum atomic E-state index is 5.15. The maximum Gasteiger partial charge on any atom is 0.141 e. The highest BCUT2D eigenvalue weighted by atomic mass is 15.2. The molecule has 0 N–H and O–H groups in total. The van der Waals surface area contributed by atoms with Crippen LogP contribution in [0.25, 0.3) is 61.6 Å². The summed E-state index contributed by atoms with van der Waals surface area (Å²) in [6.07, 6.45) is 15.2. The summed E-state index contributed by atoms with van der Waals surface area (Å²) in [6.45, 7) is 0. The van der Waals surface area contributed by atoms with Crippen LogP contribution in [0.1, 0.15) is 36.1 Å². The fourth-order valence-electron chi connectivity index (χ4n) is 8.28. The second-order valence-corrected chi connectivity index (χ2v) is 13.4. The van der Waals surface area contributed by atoms with Gasteiger partial charge in [-0.15, -0.1) is 0 Å². The molecule has 1 aliphatic heterocycles. The Morgan fingerprint density at radius 3 is 2.06 bits per heavy atom. The number of anilines is 2. The monoisotopic (exact) mass is 641 g/mol. The molecule has 10 rings (SSSR count). The van der Waals surface area contributed by atoms with Gasteiger partial charge >= 0.3 is 0 Å². The van der Waals surface area contributed by atoms with E-state index >= 15 is 0 Å². The third-order valence-corrected chi connectivity index (χ3v) is 10.5. The van der Waals surface area contributed by atoms with Crippen molar-refractivity contribution in [2.24, 2.45) is 0 Å². The van der Waals surface area contributed by atoms with Crippen LogP contribution in [-0.4, -0.2) is 9.55 Å². The molecule has 0 amide bonds. The van der Waals surface area contributed by atoms with Crippen LogP contribution in [0.3, 0.4) is 0 Å². The first kappa shape index (κ1) is 28.8. The zero-order valence-corrected chi connectivity index (χ0v) is 27.8. The van der Waals surface area contributed by atoms with E-state index < -0.39 is 0 Å². The lowest BCUT2D eigenvalue weighted by atomic mass is 9.94. The van der Waals surface area contributed by atoms with Gasteiger partial charge in [-0.05, 0) is 89.9 Å². The Hall–Kier alpha value is -6.19. The predicted molar refractivity (Wildman–Crippen MR) is 209 cm³/mol. The molecular formula is C47H35N3. The minimum atomic E-state index is 0.932. The molecule has 7 aromatic rings. The molecule has 0 bridgehead atoms. The maximum absolute atomic E-state index is 5.15. The first-order valence-electron chi connectivity index (χ1n) is 17.7. The van der Waals surface area contributed by atoms with Crippen molar-refractivity contribution in [2.45, 2.75) is 25.7 Å². The number of nitrogens with zero attached hydrogens (tertiary/aromatic N) is 3. The number of benzene rings is 5. The van der Waals surface area contributed by atoms with Gasteiger partial charge < -0.3 is 4.57 Å². The smallest absolute Gasteiger partial charge is 0.141 e. The van der Waals surface area contributed by atoms with Gasteiger partial charge in [0.15, 0.2) is 0 Å². The molecule has 2 aliphatic carbocycles. The van der Waals surface area contributed by atoms with Gasteiger partial charge in [-0.25, -0.2) is 4.98 Å². The normalized spacial score (nSPS) is 14.6. The average Bonchev–Trinajstić information content (AvgIpc) is 3.48. The molecule has 3 heteroatoms. The summed E-state index contributed by atoms with van der Waals surface area (Å²) in [7, 11) is 0. The van der Waals surface area contributed by atoms with Crippen LogP contribution in [0.15, 0.2) is 164 Å². The van der Waals surface area contributed by atoms with E-state index in [0.717, 1.165) is 37.2 Å². The highest BCUT2D eigenvalue weighted by Crippen LogP contribution is 2.52. The lowest BCUT2D eigenvalue weighted by Gasteiger charge is -2.32. The van der Waals surface area contributed by atoms with Gasteiger partial charge in [-0.2, -0.15) is 0 Å². The highest BCUT2D eigenvalue weighted by Gasteiger charge is 2.34. The van der Waals surface area contributed by atoms with E-state index in [1.54, 1.807) is 0 Å². The fraction of sp³-hybridized carbons (Fsp3) is 0.0851. The highest BCUT2D eigenvalue weighted by molar-refractivity contribution is 6.10. The van der Waals surface area contributed by atoms with Crippen molar-refractivity contribution < 1.29 is 0 Å². The van der Waals surface area contributed by atoms with E-state index in [1.807, 2.05) is 6.20 Å². The summed E-state index contributed by atoms with van der Waals surface area (Å²) in [5.74, 6) is 1.06. The van der Waals surface area contributed by atoms with Crippen LogP contribution >= 0.6 is 0 Å². The average molecular weight is 642 g/mol. The zero-order chi connectivity index (χ0) is 33.0. The third-order valence-electron chi connectivity index (χ3n) is 10.5. The minimum absolute atomic E-state index is 0.932. The first-order chi connectivity index (χ1) is 24.8. The molecule has 0 saturated carbocycles. The molecule has 5 aromatic carbocycles. The quantitative estimate of drug-likeness (QED) is 0.191. The van der Waals surface area contributed by atoms with E-state index in [4.69, 9.17) is 4.98 Å². The zero-order valence-electron chi connectivity index (χ0n) is 27.8. The lowest BCUT2D eigenvalue weighted by Crippen LogP contribution is -2.22. The van der Waals surface area contributed by atoms with Gasteiger partial charge in [0.05, 0.1) is 16.9 Å². The molecule has 3 heterocycles. The molecule has 0 saturated heterocycles. The molecule has 0 radical (unpaired) electrons. The summed E-state index contributed by atoms with van der Waals surface area (Å²) in [6, 6.07) is 48.7. The Balaban J connectivity index is 1.32. The molecular weight excluding hydrogens is 607 g/mol. The van der Waals surface area contributed by atoms with E-state index in [1.165, 1.54) is 78.1 Å². The number of pyridine rings is 1. The summed E-state index contributed by atoms with van der Waals surface area (Å²) >= 11 is 0. The Kier molecular flexibility index (Phi) is 6.76. The number of hydrogen-bond acceptors (Lipinski definition) is 2. The molecule has 0 fully saturated rings. The van der Waals surface area contributed by atoms with Crippen LogP contribution in [0.2, 0.25) is 0 Å². The van der Waals surface area contributed by atoms with Gasteiger partial charge in [-0.1, -0.05) is 121 Å². The number of para-hydroxylation sites is 2. The van der Waals surface area contributed by atoms with Gasteiger partial charge in [0.1, 0.15) is 5.82 Å². The van der Waals surface area contributed by atoms with E-state index in [0.29, 0.717) is 0 Å². The molecule has 0 atom stereocenters. The van der Waals surface area contributed by atoms with Crippen LogP contribution in [0.5, 0.6) is 0 Å². The Morgan fingerprint density at radius 1 is 0.580 bits per heavy atom. The lowest BCUT2D eigenvalue weighted by molar-refractivity contribution is 0.893. The molecule has 50 heavy (non-hydrogen) atoms. The van der Waals surface area contributed by atoms with Crippen molar-refractivity contribution in [3.63, 3.8) is 0 Å².